The summed E-state index contributed by atoms with van der Waals surface area (Å²) in [5, 5.41) is 0. The van der Waals surface area contributed by atoms with Crippen molar-refractivity contribution in [1.29, 1.82) is 0 Å². The van der Waals surface area contributed by atoms with Gasteiger partial charge in [0.15, 0.2) is 11.1 Å². The van der Waals surface area contributed by atoms with E-state index in [2.05, 4.69) is 13.8 Å². The van der Waals surface area contributed by atoms with Crippen LogP contribution < -0.4 is 0 Å². The summed E-state index contributed by atoms with van der Waals surface area (Å²) in [7, 11) is 0. The van der Waals surface area contributed by atoms with Gasteiger partial charge in [-0.1, -0.05) is 26.0 Å². The third kappa shape index (κ3) is 4.09. The van der Waals surface area contributed by atoms with Crippen molar-refractivity contribution in [3.05, 3.63) is 29.8 Å². The average Bonchev–Trinajstić information content (AvgIpc) is 2.04. The van der Waals surface area contributed by atoms with Gasteiger partial charge < -0.3 is 7.41 Å². The first-order chi connectivity index (χ1) is 5.61. The predicted molar refractivity (Wildman–Crippen MR) is 57.5 cm³/mol. The minimum atomic E-state index is -1.85. The van der Waals surface area contributed by atoms with E-state index < -0.39 is 11.1 Å². The largest absolute Gasteiger partial charge is 2.00 e. The van der Waals surface area contributed by atoms with Crippen LogP contribution >= 0.6 is 0 Å². The maximum absolute atomic E-state index is 10.6. The number of hydrogen-bond acceptors (Lipinski definition) is 1. The fourth-order valence-corrected chi connectivity index (χ4v) is 1.34. The van der Waals surface area contributed by atoms with Gasteiger partial charge in [-0.15, -0.1) is 0 Å². The summed E-state index contributed by atoms with van der Waals surface area (Å²) in [5.74, 6) is 0.464. The number of benzene rings is 1. The van der Waals surface area contributed by atoms with Gasteiger partial charge in [0.05, 0.1) is 4.90 Å². The Morgan fingerprint density at radius 1 is 1.31 bits per heavy atom. The van der Waals surface area contributed by atoms with Gasteiger partial charge in [-0.2, -0.15) is 0 Å². The monoisotopic (exact) mass is 226 g/mol. The van der Waals surface area contributed by atoms with Crippen molar-refractivity contribution in [1.82, 2.24) is 0 Å². The Kier molecular flexibility index (Phi) is 6.42. The van der Waals surface area contributed by atoms with E-state index in [1.54, 1.807) is 12.1 Å². The van der Waals surface area contributed by atoms with Gasteiger partial charge in [0.25, 0.3) is 0 Å². The summed E-state index contributed by atoms with van der Waals surface area (Å²) in [5.41, 5.74) is 1.18. The second-order valence-corrected chi connectivity index (χ2v) is 3.94. The Hall–Kier alpha value is 0.590. The van der Waals surface area contributed by atoms with Crippen molar-refractivity contribution >= 4 is 48.8 Å². The van der Waals surface area contributed by atoms with Gasteiger partial charge in [-0.25, -0.2) is 4.21 Å². The third-order valence-corrected chi connectivity index (χ3v) is 2.42. The van der Waals surface area contributed by atoms with E-state index in [-0.39, 0.29) is 40.6 Å². The van der Waals surface area contributed by atoms with Gasteiger partial charge in [-0.05, 0) is 23.6 Å². The Balaban J connectivity index is -0.000000480. The molecule has 13 heavy (non-hydrogen) atoms. The second-order valence-electron chi connectivity index (χ2n) is 2.97. The van der Waals surface area contributed by atoms with E-state index in [0.717, 1.165) is 0 Å². The van der Waals surface area contributed by atoms with Gasteiger partial charge in [0.2, 0.25) is 0 Å². The second kappa shape index (κ2) is 6.14. The molecule has 0 heterocycles. The van der Waals surface area contributed by atoms with Gasteiger partial charge in [0.1, 0.15) is 0 Å². The van der Waals surface area contributed by atoms with Gasteiger partial charge in [0, 0.05) is 0 Å². The van der Waals surface area contributed by atoms with Crippen molar-refractivity contribution < 1.29 is 11.6 Å². The van der Waals surface area contributed by atoms with Crippen molar-refractivity contribution in [3.8, 4) is 0 Å². The van der Waals surface area contributed by atoms with Crippen molar-refractivity contribution in [2.75, 3.05) is 0 Å². The van der Waals surface area contributed by atoms with E-state index in [0.29, 0.717) is 10.8 Å². The Labute approximate surface area is 114 Å². The molecule has 1 aromatic carbocycles. The van der Waals surface area contributed by atoms with Crippen molar-refractivity contribution in [2.24, 2.45) is 0 Å². The van der Waals surface area contributed by atoms with Crippen LogP contribution in [0.1, 0.15) is 28.2 Å². The Morgan fingerprint density at radius 2 is 1.77 bits per heavy atom. The molecule has 0 bridgehead atoms. The van der Waals surface area contributed by atoms with Crippen LogP contribution in [0.25, 0.3) is 0 Å². The topological polar surface area (TPSA) is 37.3 Å². The first-order valence-corrected chi connectivity index (χ1v) is 4.92. The van der Waals surface area contributed by atoms with Crippen LogP contribution in [0.2, 0.25) is 0 Å². The zero-order valence-electron chi connectivity index (χ0n) is 9.86. The van der Waals surface area contributed by atoms with Crippen LogP contribution in [0.15, 0.2) is 29.2 Å². The van der Waals surface area contributed by atoms with Crippen LogP contribution in [0.5, 0.6) is 0 Å². The average molecular weight is 226 g/mol. The first kappa shape index (κ1) is 13.6. The molecule has 0 saturated carbocycles. The minimum absolute atomic E-state index is 0. The molecule has 0 aliphatic carbocycles. The molecule has 1 atom stereocenters. The molecule has 1 aromatic rings. The van der Waals surface area contributed by atoms with Crippen molar-refractivity contribution in [3.63, 3.8) is 0 Å². The molecular formula is C9H14CaO2S. The fourth-order valence-electron chi connectivity index (χ4n) is 0.969. The first-order valence-electron chi connectivity index (χ1n) is 3.82. The fraction of sp³-hybridized carbons (Fsp3) is 0.333. The number of rotatable bonds is 2. The van der Waals surface area contributed by atoms with E-state index in [9.17, 15) is 4.21 Å². The van der Waals surface area contributed by atoms with E-state index in [1.165, 1.54) is 5.56 Å². The molecule has 0 saturated heterocycles. The van der Waals surface area contributed by atoms with Crippen LogP contribution in [0, 0.1) is 0 Å². The molecule has 1 N–H and O–H groups in total. The molecule has 0 fully saturated rings. The molecular weight excluding hydrogens is 212 g/mol. The summed E-state index contributed by atoms with van der Waals surface area (Å²) in [6, 6.07) is 7.14. The molecule has 1 unspecified atom stereocenters. The number of hydrogen-bond donors (Lipinski definition) is 1. The SMILES string of the molecule is CC(C)c1ccc(S(=O)O)cc1.[Ca+2].[H-].[H-]. The molecule has 4 heteroatoms. The summed E-state index contributed by atoms with van der Waals surface area (Å²) < 4.78 is 19.3. The zero-order chi connectivity index (χ0) is 9.14. The van der Waals surface area contributed by atoms with E-state index in [4.69, 9.17) is 4.55 Å². The molecule has 2 nitrogen and oxygen atoms in total. The molecule has 0 aliphatic rings. The molecule has 1 rings (SSSR count). The molecule has 0 aliphatic heterocycles. The standard InChI is InChI=1S/C9H12O2S.Ca.2H/c1-7(2)8-3-5-9(6-4-8)12(10)11;;;/h3-7H,1-2H3,(H,10,11);;;/q;+2;2*-1. The predicted octanol–water partition coefficient (Wildman–Crippen LogP) is 2.23. The quantitative estimate of drug-likeness (QED) is 0.620. The van der Waals surface area contributed by atoms with Gasteiger partial charge >= 0.3 is 37.7 Å². The Bertz CT molecular complexity index is 291. The normalized spacial score (nSPS) is 12.3. The molecule has 0 amide bonds. The minimum Gasteiger partial charge on any atom is -1.00 e. The molecule has 0 radical (unpaired) electrons. The summed E-state index contributed by atoms with van der Waals surface area (Å²) in [4.78, 5) is 0.458. The Morgan fingerprint density at radius 3 is 2.08 bits per heavy atom. The summed E-state index contributed by atoms with van der Waals surface area (Å²) >= 11 is -1.85. The van der Waals surface area contributed by atoms with E-state index in [1.807, 2.05) is 12.1 Å². The van der Waals surface area contributed by atoms with Crippen LogP contribution in [-0.2, 0) is 11.1 Å². The van der Waals surface area contributed by atoms with Crippen LogP contribution in [0.3, 0.4) is 0 Å². The maximum atomic E-state index is 10.6. The van der Waals surface area contributed by atoms with E-state index >= 15 is 0 Å². The maximum Gasteiger partial charge on any atom is 2.00 e. The zero-order valence-corrected chi connectivity index (χ0v) is 10.9. The third-order valence-electron chi connectivity index (χ3n) is 1.75. The molecule has 70 valence electrons. The molecule has 0 spiro atoms. The van der Waals surface area contributed by atoms with Crippen LogP contribution in [0.4, 0.5) is 0 Å². The smallest absolute Gasteiger partial charge is 1.00 e. The van der Waals surface area contributed by atoms with Crippen molar-refractivity contribution in [2.45, 2.75) is 24.7 Å². The summed E-state index contributed by atoms with van der Waals surface area (Å²) in [6.07, 6.45) is 0. The summed E-state index contributed by atoms with van der Waals surface area (Å²) in [6.45, 7) is 4.18. The molecule has 0 aromatic heterocycles. The van der Waals surface area contributed by atoms with Gasteiger partial charge in [-0.3, -0.25) is 0 Å². The van der Waals surface area contributed by atoms with Crippen LogP contribution in [-0.4, -0.2) is 46.5 Å².